The second-order valence-corrected chi connectivity index (χ2v) is 1.46. The molecule has 1 N–H and O–H groups in total. The Morgan fingerprint density at radius 3 is 1.71 bits per heavy atom. The first-order valence-corrected chi connectivity index (χ1v) is 2.33. The highest BCUT2D eigenvalue weighted by atomic mass is 35.5. The first-order valence-electron chi connectivity index (χ1n) is 1.05. The topological polar surface area (TPSA) is 37.3 Å². The summed E-state index contributed by atoms with van der Waals surface area (Å²) in [5, 5.41) is 0. The Labute approximate surface area is 55.3 Å². The van der Waals surface area contributed by atoms with Crippen LogP contribution in [0.2, 0.25) is 0 Å². The molecule has 2 nitrogen and oxygen atoms in total. The molecule has 44 valence electrons. The zero-order valence-corrected chi connectivity index (χ0v) is 5.93. The molecule has 0 aromatic carbocycles. The Bertz CT molecular complexity index is 64.7. The summed E-state index contributed by atoms with van der Waals surface area (Å²) in [6, 6.07) is 0. The molecule has 0 aliphatic carbocycles. The standard InChI is InChI=1S/C2H3O2P.2ClH/c1-2-5(3)4;;/h2H,1H2;2*1H/p+1. The van der Waals surface area contributed by atoms with E-state index in [1.807, 2.05) is 0 Å². The van der Waals surface area contributed by atoms with Crippen LogP contribution in [0.15, 0.2) is 12.4 Å². The minimum atomic E-state index is -2.08. The summed E-state index contributed by atoms with van der Waals surface area (Å²) in [6.45, 7) is 3.03. The van der Waals surface area contributed by atoms with Gasteiger partial charge in [0.1, 0.15) is 0 Å². The number of hydrogen-bond acceptors (Lipinski definition) is 1. The molecule has 0 heterocycles. The van der Waals surface area contributed by atoms with Crippen LogP contribution in [-0.4, -0.2) is 4.89 Å². The van der Waals surface area contributed by atoms with E-state index >= 15 is 0 Å². The lowest BCUT2D eigenvalue weighted by Crippen LogP contribution is -1.35. The molecular formula is C2H6Cl2O2P+. The van der Waals surface area contributed by atoms with Crippen LogP contribution in [0.5, 0.6) is 0 Å². The third-order valence-electron chi connectivity index (χ3n) is 0.156. The predicted octanol–water partition coefficient (Wildman–Crippen LogP) is 1.71. The van der Waals surface area contributed by atoms with Gasteiger partial charge in [-0.2, -0.15) is 4.89 Å². The third kappa shape index (κ3) is 21.6. The second kappa shape index (κ2) is 9.63. The quantitative estimate of drug-likeness (QED) is 0.598. The highest BCUT2D eigenvalue weighted by Gasteiger charge is 1.94. The van der Waals surface area contributed by atoms with Crippen LogP contribution in [0.1, 0.15) is 0 Å². The molecule has 0 saturated heterocycles. The van der Waals surface area contributed by atoms with Gasteiger partial charge >= 0.3 is 8.03 Å². The summed E-state index contributed by atoms with van der Waals surface area (Å²) >= 11 is 0. The zero-order valence-electron chi connectivity index (χ0n) is 3.40. The van der Waals surface area contributed by atoms with E-state index in [4.69, 9.17) is 4.89 Å². The van der Waals surface area contributed by atoms with Crippen molar-refractivity contribution in [2.24, 2.45) is 0 Å². The van der Waals surface area contributed by atoms with Gasteiger partial charge in [-0.1, -0.05) is 0 Å². The maximum absolute atomic E-state index is 9.40. The van der Waals surface area contributed by atoms with Crippen LogP contribution in [0.3, 0.4) is 0 Å². The van der Waals surface area contributed by atoms with Crippen molar-refractivity contribution in [3.8, 4) is 0 Å². The van der Waals surface area contributed by atoms with Crippen LogP contribution >= 0.6 is 32.8 Å². The van der Waals surface area contributed by atoms with Gasteiger partial charge in [0, 0.05) is 0 Å². The molecule has 0 aliphatic heterocycles. The van der Waals surface area contributed by atoms with E-state index in [1.54, 1.807) is 0 Å². The van der Waals surface area contributed by atoms with Gasteiger partial charge in [-0.15, -0.1) is 24.8 Å². The molecule has 0 spiro atoms. The SMILES string of the molecule is C=C[P+](=O)O.Cl.Cl. The van der Waals surface area contributed by atoms with E-state index < -0.39 is 8.03 Å². The van der Waals surface area contributed by atoms with Crippen molar-refractivity contribution in [1.29, 1.82) is 0 Å². The number of halogens is 2. The molecule has 0 aromatic heterocycles. The summed E-state index contributed by atoms with van der Waals surface area (Å²) in [5.41, 5.74) is 0. The molecule has 7 heavy (non-hydrogen) atoms. The van der Waals surface area contributed by atoms with Gasteiger partial charge < -0.3 is 0 Å². The Balaban J connectivity index is -0.0000000800. The predicted molar refractivity (Wildman–Crippen MR) is 34.5 cm³/mol. The fraction of sp³-hybridized carbons (Fsp3) is 0. The molecular weight excluding hydrogens is 158 g/mol. The molecule has 1 atom stereocenters. The Hall–Kier alpha value is 0.380. The molecule has 0 fully saturated rings. The van der Waals surface area contributed by atoms with Crippen molar-refractivity contribution in [2.45, 2.75) is 0 Å². The minimum absolute atomic E-state index is 0. The average Bonchev–Trinajstić information content (AvgIpc) is 1.38. The molecule has 1 unspecified atom stereocenters. The summed E-state index contributed by atoms with van der Waals surface area (Å²) in [5.74, 6) is 0.981. The van der Waals surface area contributed by atoms with Gasteiger partial charge in [0.25, 0.3) is 0 Å². The second-order valence-electron chi connectivity index (χ2n) is 0.485. The van der Waals surface area contributed by atoms with Crippen molar-refractivity contribution >= 4 is 32.8 Å². The van der Waals surface area contributed by atoms with Gasteiger partial charge in [-0.3, -0.25) is 0 Å². The molecule has 0 aromatic rings. The fourth-order valence-corrected chi connectivity index (χ4v) is 0. The van der Waals surface area contributed by atoms with Crippen molar-refractivity contribution in [1.82, 2.24) is 0 Å². The first kappa shape index (κ1) is 15.7. The molecule has 0 aliphatic rings. The van der Waals surface area contributed by atoms with Crippen molar-refractivity contribution in [3.63, 3.8) is 0 Å². The maximum atomic E-state index is 9.40. The molecule has 0 rings (SSSR count). The summed E-state index contributed by atoms with van der Waals surface area (Å²) in [6.07, 6.45) is 0. The van der Waals surface area contributed by atoms with E-state index in [2.05, 4.69) is 6.58 Å². The normalized spacial score (nSPS) is 7.29. The minimum Gasteiger partial charge on any atom is -0.157 e. The van der Waals surface area contributed by atoms with E-state index in [9.17, 15) is 4.57 Å². The Morgan fingerprint density at radius 2 is 1.71 bits per heavy atom. The molecule has 0 amide bonds. The van der Waals surface area contributed by atoms with Gasteiger partial charge in [-0.25, -0.2) is 0 Å². The van der Waals surface area contributed by atoms with E-state index in [1.165, 1.54) is 0 Å². The summed E-state index contributed by atoms with van der Waals surface area (Å²) in [7, 11) is -2.08. The molecule has 0 bridgehead atoms. The number of hydrogen-bond donors (Lipinski definition) is 1. The molecule has 5 heteroatoms. The smallest absolute Gasteiger partial charge is 0.157 e. The lowest BCUT2D eigenvalue weighted by molar-refractivity contribution is 0.512. The largest absolute Gasteiger partial charge is 0.537 e. The summed E-state index contributed by atoms with van der Waals surface area (Å²) in [4.78, 5) is 7.75. The fourth-order valence-electron chi connectivity index (χ4n) is 0. The van der Waals surface area contributed by atoms with E-state index in [0.29, 0.717) is 0 Å². The van der Waals surface area contributed by atoms with Crippen LogP contribution in [0.25, 0.3) is 0 Å². The lowest BCUT2D eigenvalue weighted by Gasteiger charge is -1.42. The first-order chi connectivity index (χ1) is 2.27. The van der Waals surface area contributed by atoms with Crippen molar-refractivity contribution in [2.75, 3.05) is 0 Å². The van der Waals surface area contributed by atoms with Crippen LogP contribution in [0.4, 0.5) is 0 Å². The molecule has 0 saturated carbocycles. The lowest BCUT2D eigenvalue weighted by atomic mass is 11.3. The van der Waals surface area contributed by atoms with Gasteiger partial charge in [0.2, 0.25) is 0 Å². The highest BCUT2D eigenvalue weighted by molar-refractivity contribution is 7.41. The van der Waals surface area contributed by atoms with Crippen LogP contribution in [0, 0.1) is 0 Å². The maximum Gasteiger partial charge on any atom is 0.537 e. The Kier molecular flexibility index (Phi) is 21.5. The third-order valence-corrected chi connectivity index (χ3v) is 0.469. The average molecular weight is 164 g/mol. The molecule has 0 radical (unpaired) electrons. The summed E-state index contributed by atoms with van der Waals surface area (Å²) < 4.78 is 9.40. The Morgan fingerprint density at radius 1 is 1.57 bits per heavy atom. The zero-order chi connectivity index (χ0) is 4.28. The van der Waals surface area contributed by atoms with Crippen molar-refractivity contribution < 1.29 is 9.46 Å². The number of rotatable bonds is 1. The van der Waals surface area contributed by atoms with Crippen LogP contribution < -0.4 is 0 Å². The van der Waals surface area contributed by atoms with Gasteiger partial charge in [0.15, 0.2) is 5.82 Å². The van der Waals surface area contributed by atoms with E-state index in [-0.39, 0.29) is 24.8 Å². The monoisotopic (exact) mass is 163 g/mol. The van der Waals surface area contributed by atoms with Crippen molar-refractivity contribution in [3.05, 3.63) is 12.4 Å². The highest BCUT2D eigenvalue weighted by Crippen LogP contribution is 2.10. The van der Waals surface area contributed by atoms with Gasteiger partial charge in [-0.05, 0) is 11.1 Å². The van der Waals surface area contributed by atoms with Crippen LogP contribution in [-0.2, 0) is 4.57 Å². The van der Waals surface area contributed by atoms with E-state index in [0.717, 1.165) is 5.82 Å². The van der Waals surface area contributed by atoms with Gasteiger partial charge in [0.05, 0.1) is 0 Å².